The SMILES string of the molecule is CCCOc1c(Cl)cc(C(=O)Nc2sc3c(c2C(=O)NCC2CCCO2)CCC3)cc1Cl. The van der Waals surface area contributed by atoms with Crippen LogP contribution in [0, 0.1) is 0 Å². The van der Waals surface area contributed by atoms with Gasteiger partial charge in [-0.3, -0.25) is 9.59 Å². The molecular weight excluding hydrogens is 471 g/mol. The van der Waals surface area contributed by atoms with E-state index in [0.717, 1.165) is 55.6 Å². The lowest BCUT2D eigenvalue weighted by atomic mass is 10.1. The standard InChI is InChI=1S/C23H26Cl2N2O4S/c1-2-8-31-20-16(24)10-13(11-17(20)25)21(28)27-23-19(15-6-3-7-18(15)32-23)22(29)26-12-14-5-4-9-30-14/h10-11,14H,2-9,12H2,1H3,(H,26,29)(H,27,28). The topological polar surface area (TPSA) is 76.7 Å². The first-order chi connectivity index (χ1) is 15.5. The second-order valence-corrected chi connectivity index (χ2v) is 9.90. The van der Waals surface area contributed by atoms with Crippen LogP contribution in [0.2, 0.25) is 10.0 Å². The molecule has 0 radical (unpaired) electrons. The number of rotatable bonds is 8. The molecule has 2 aromatic rings. The lowest BCUT2D eigenvalue weighted by Crippen LogP contribution is -2.32. The van der Waals surface area contributed by atoms with E-state index in [1.807, 2.05) is 6.92 Å². The Morgan fingerprint density at radius 1 is 1.19 bits per heavy atom. The van der Waals surface area contributed by atoms with Crippen molar-refractivity contribution >= 4 is 51.4 Å². The molecule has 6 nitrogen and oxygen atoms in total. The fourth-order valence-corrected chi connectivity index (χ4v) is 5.92. The van der Waals surface area contributed by atoms with E-state index in [1.165, 1.54) is 23.5 Å². The molecule has 2 N–H and O–H groups in total. The fourth-order valence-electron chi connectivity index (χ4n) is 4.04. The molecule has 1 aromatic carbocycles. The van der Waals surface area contributed by atoms with Gasteiger partial charge in [0.1, 0.15) is 5.00 Å². The predicted octanol–water partition coefficient (Wildman–Crippen LogP) is 5.49. The lowest BCUT2D eigenvalue weighted by molar-refractivity contribution is 0.0858. The molecule has 1 aliphatic carbocycles. The molecule has 32 heavy (non-hydrogen) atoms. The van der Waals surface area contributed by atoms with E-state index in [-0.39, 0.29) is 28.0 Å². The molecule has 2 amide bonds. The van der Waals surface area contributed by atoms with Crippen LogP contribution in [0.4, 0.5) is 5.00 Å². The van der Waals surface area contributed by atoms with Gasteiger partial charge in [-0.05, 0) is 56.2 Å². The Kier molecular flexibility index (Phi) is 7.61. The molecule has 1 atom stereocenters. The van der Waals surface area contributed by atoms with Crippen molar-refractivity contribution in [3.8, 4) is 5.75 Å². The van der Waals surface area contributed by atoms with Crippen LogP contribution in [0.15, 0.2) is 12.1 Å². The van der Waals surface area contributed by atoms with Crippen LogP contribution < -0.4 is 15.4 Å². The van der Waals surface area contributed by atoms with E-state index in [1.54, 1.807) is 0 Å². The number of hydrogen-bond donors (Lipinski definition) is 2. The number of aryl methyl sites for hydroxylation is 1. The summed E-state index contributed by atoms with van der Waals surface area (Å²) in [5, 5.41) is 7.01. The molecule has 4 rings (SSSR count). The Hall–Kier alpha value is -1.80. The quantitative estimate of drug-likeness (QED) is 0.506. The Bertz CT molecular complexity index is 995. The fraction of sp³-hybridized carbons (Fsp3) is 0.478. The minimum atomic E-state index is -0.371. The average Bonchev–Trinajstić information content (AvgIpc) is 3.49. The number of fused-ring (bicyclic) bond motifs is 1. The van der Waals surface area contributed by atoms with Crippen molar-refractivity contribution in [1.82, 2.24) is 5.32 Å². The summed E-state index contributed by atoms with van der Waals surface area (Å²) in [7, 11) is 0. The highest BCUT2D eigenvalue weighted by atomic mass is 35.5. The number of anilines is 1. The van der Waals surface area contributed by atoms with Gasteiger partial charge in [0.15, 0.2) is 5.75 Å². The molecule has 1 fully saturated rings. The second-order valence-electron chi connectivity index (χ2n) is 7.98. The highest BCUT2D eigenvalue weighted by molar-refractivity contribution is 7.17. The Morgan fingerprint density at radius 2 is 1.97 bits per heavy atom. The molecule has 0 saturated carbocycles. The summed E-state index contributed by atoms with van der Waals surface area (Å²) < 4.78 is 11.2. The maximum absolute atomic E-state index is 13.0. The monoisotopic (exact) mass is 496 g/mol. The number of carbonyl (C=O) groups excluding carboxylic acids is 2. The van der Waals surface area contributed by atoms with E-state index in [4.69, 9.17) is 32.7 Å². The van der Waals surface area contributed by atoms with Crippen molar-refractivity contribution in [3.05, 3.63) is 43.7 Å². The van der Waals surface area contributed by atoms with Crippen molar-refractivity contribution < 1.29 is 19.1 Å². The van der Waals surface area contributed by atoms with Gasteiger partial charge in [-0.25, -0.2) is 0 Å². The molecule has 2 heterocycles. The van der Waals surface area contributed by atoms with Crippen LogP contribution in [0.5, 0.6) is 5.75 Å². The zero-order valence-corrected chi connectivity index (χ0v) is 20.2. The summed E-state index contributed by atoms with van der Waals surface area (Å²) in [5.74, 6) is -0.172. The molecule has 1 unspecified atom stereocenters. The summed E-state index contributed by atoms with van der Waals surface area (Å²) in [6, 6.07) is 3.07. The maximum Gasteiger partial charge on any atom is 0.256 e. The van der Waals surface area contributed by atoms with Crippen LogP contribution in [-0.2, 0) is 17.6 Å². The summed E-state index contributed by atoms with van der Waals surface area (Å²) >= 11 is 14.1. The van der Waals surface area contributed by atoms with Crippen LogP contribution in [0.25, 0.3) is 0 Å². The van der Waals surface area contributed by atoms with E-state index in [2.05, 4.69) is 10.6 Å². The van der Waals surface area contributed by atoms with Crippen molar-refractivity contribution in [2.75, 3.05) is 25.1 Å². The van der Waals surface area contributed by atoms with Gasteiger partial charge < -0.3 is 20.1 Å². The van der Waals surface area contributed by atoms with E-state index >= 15 is 0 Å². The molecule has 1 aliphatic heterocycles. The molecule has 0 spiro atoms. The first kappa shape index (κ1) is 23.4. The minimum Gasteiger partial charge on any atom is -0.490 e. The van der Waals surface area contributed by atoms with Crippen LogP contribution in [-0.4, -0.2) is 37.7 Å². The molecule has 9 heteroatoms. The first-order valence-electron chi connectivity index (χ1n) is 11.0. The zero-order valence-electron chi connectivity index (χ0n) is 17.9. The third-order valence-corrected chi connectivity index (χ3v) is 7.37. The number of thiophene rings is 1. The average molecular weight is 497 g/mol. The summed E-state index contributed by atoms with van der Waals surface area (Å²) in [4.78, 5) is 27.2. The Labute approximate surface area is 201 Å². The van der Waals surface area contributed by atoms with Gasteiger partial charge in [0.2, 0.25) is 0 Å². The van der Waals surface area contributed by atoms with Gasteiger partial charge in [0.25, 0.3) is 11.8 Å². The number of amides is 2. The van der Waals surface area contributed by atoms with Crippen molar-refractivity contribution in [2.24, 2.45) is 0 Å². The third-order valence-electron chi connectivity index (χ3n) is 5.60. The highest BCUT2D eigenvalue weighted by Crippen LogP contribution is 2.40. The molecule has 2 aliphatic rings. The van der Waals surface area contributed by atoms with Crippen molar-refractivity contribution in [3.63, 3.8) is 0 Å². The van der Waals surface area contributed by atoms with E-state index in [9.17, 15) is 9.59 Å². The summed E-state index contributed by atoms with van der Waals surface area (Å²) in [6.45, 7) is 3.68. The van der Waals surface area contributed by atoms with Crippen LogP contribution in [0.1, 0.15) is 63.8 Å². The molecule has 1 saturated heterocycles. The summed E-state index contributed by atoms with van der Waals surface area (Å²) in [5.41, 5.74) is 1.91. The Morgan fingerprint density at radius 3 is 2.66 bits per heavy atom. The van der Waals surface area contributed by atoms with Crippen LogP contribution in [0.3, 0.4) is 0 Å². The predicted molar refractivity (Wildman–Crippen MR) is 128 cm³/mol. The molecule has 0 bridgehead atoms. The van der Waals surface area contributed by atoms with Gasteiger partial charge in [0.05, 0.1) is 28.3 Å². The molecule has 1 aromatic heterocycles. The number of ether oxygens (including phenoxy) is 2. The smallest absolute Gasteiger partial charge is 0.256 e. The zero-order chi connectivity index (χ0) is 22.7. The number of benzene rings is 1. The lowest BCUT2D eigenvalue weighted by Gasteiger charge is -2.13. The van der Waals surface area contributed by atoms with Gasteiger partial charge in [0, 0.05) is 23.6 Å². The number of nitrogens with one attached hydrogen (secondary N) is 2. The number of halogens is 2. The van der Waals surface area contributed by atoms with Gasteiger partial charge in [-0.2, -0.15) is 0 Å². The first-order valence-corrected chi connectivity index (χ1v) is 12.5. The number of carbonyl (C=O) groups is 2. The van der Waals surface area contributed by atoms with E-state index < -0.39 is 0 Å². The molecule has 172 valence electrons. The van der Waals surface area contributed by atoms with Crippen molar-refractivity contribution in [2.45, 2.75) is 51.6 Å². The second kappa shape index (κ2) is 10.4. The molecular formula is C23H26Cl2N2O4S. The van der Waals surface area contributed by atoms with Gasteiger partial charge in [-0.15, -0.1) is 11.3 Å². The van der Waals surface area contributed by atoms with Crippen LogP contribution >= 0.6 is 34.5 Å². The van der Waals surface area contributed by atoms with Crippen molar-refractivity contribution in [1.29, 1.82) is 0 Å². The largest absolute Gasteiger partial charge is 0.490 e. The van der Waals surface area contributed by atoms with Gasteiger partial charge in [-0.1, -0.05) is 30.1 Å². The normalized spacial score (nSPS) is 17.3. The minimum absolute atomic E-state index is 0.0569. The number of hydrogen-bond acceptors (Lipinski definition) is 5. The van der Waals surface area contributed by atoms with Gasteiger partial charge >= 0.3 is 0 Å². The Balaban J connectivity index is 1.52. The highest BCUT2D eigenvalue weighted by Gasteiger charge is 2.28. The van der Waals surface area contributed by atoms with E-state index in [0.29, 0.717) is 35.0 Å². The maximum atomic E-state index is 13.0. The third kappa shape index (κ3) is 5.06. The summed E-state index contributed by atoms with van der Waals surface area (Å²) in [6.07, 6.45) is 5.62.